The number of halogens is 3. The summed E-state index contributed by atoms with van der Waals surface area (Å²) >= 11 is 1.19. The molecule has 1 aromatic rings. The molecule has 1 fully saturated rings. The predicted octanol–water partition coefficient (Wildman–Crippen LogP) is 3.45. The smallest absolute Gasteiger partial charge is 0.416 e. The third-order valence-corrected chi connectivity index (χ3v) is 4.35. The van der Waals surface area contributed by atoms with Crippen LogP contribution in [0.2, 0.25) is 0 Å². The lowest BCUT2D eigenvalue weighted by atomic mass is 10.1. The van der Waals surface area contributed by atoms with Crippen LogP contribution in [-0.2, 0) is 11.0 Å². The van der Waals surface area contributed by atoms with E-state index in [4.69, 9.17) is 5.11 Å². The molecule has 0 saturated heterocycles. The van der Waals surface area contributed by atoms with Crippen molar-refractivity contribution < 1.29 is 23.1 Å². The second kappa shape index (κ2) is 5.03. The fraction of sp³-hybridized carbons (Fsp3) is 0.500. The van der Waals surface area contributed by atoms with Crippen molar-refractivity contribution in [1.29, 1.82) is 0 Å². The molecule has 0 spiro atoms. The molecular weight excluding hydrogens is 279 g/mol. The van der Waals surface area contributed by atoms with Crippen LogP contribution in [-0.4, -0.2) is 21.8 Å². The molecule has 0 aromatic carbocycles. The van der Waals surface area contributed by atoms with Crippen LogP contribution in [0.5, 0.6) is 0 Å². The number of alkyl halides is 3. The second-order valence-corrected chi connectivity index (χ2v) is 5.74. The third kappa shape index (κ3) is 3.86. The van der Waals surface area contributed by atoms with E-state index in [1.807, 2.05) is 0 Å². The van der Waals surface area contributed by atoms with Crippen LogP contribution in [0.4, 0.5) is 13.2 Å². The molecule has 1 saturated carbocycles. The highest BCUT2D eigenvalue weighted by atomic mass is 32.2. The van der Waals surface area contributed by atoms with Gasteiger partial charge in [0.1, 0.15) is 0 Å². The molecule has 0 radical (unpaired) electrons. The van der Waals surface area contributed by atoms with Crippen LogP contribution >= 0.6 is 11.8 Å². The highest BCUT2D eigenvalue weighted by Crippen LogP contribution is 2.51. The van der Waals surface area contributed by atoms with Crippen LogP contribution in [0.1, 0.15) is 24.8 Å². The van der Waals surface area contributed by atoms with Crippen molar-refractivity contribution in [2.45, 2.75) is 30.5 Å². The van der Waals surface area contributed by atoms with E-state index in [2.05, 4.69) is 4.98 Å². The molecule has 19 heavy (non-hydrogen) atoms. The van der Waals surface area contributed by atoms with Gasteiger partial charge in [-0.1, -0.05) is 0 Å². The summed E-state index contributed by atoms with van der Waals surface area (Å²) in [4.78, 5) is 14.6. The molecule has 1 aliphatic rings. The highest BCUT2D eigenvalue weighted by molar-refractivity contribution is 7.99. The molecule has 3 nitrogen and oxygen atoms in total. The van der Waals surface area contributed by atoms with Crippen LogP contribution in [0.25, 0.3) is 0 Å². The average Bonchev–Trinajstić information content (AvgIpc) is 3.05. The normalized spacial score (nSPS) is 17.2. The number of aliphatic carboxylic acids is 1. The molecule has 0 aliphatic heterocycles. The topological polar surface area (TPSA) is 50.2 Å². The summed E-state index contributed by atoms with van der Waals surface area (Å²) in [6, 6.07) is 1.93. The largest absolute Gasteiger partial charge is 0.481 e. The van der Waals surface area contributed by atoms with Gasteiger partial charge in [0.15, 0.2) is 0 Å². The summed E-state index contributed by atoms with van der Waals surface area (Å²) in [7, 11) is 0. The summed E-state index contributed by atoms with van der Waals surface area (Å²) in [5.41, 5.74) is -0.986. The number of carboxylic acids is 1. The van der Waals surface area contributed by atoms with Gasteiger partial charge >= 0.3 is 12.1 Å². The SMILES string of the molecule is O=C(O)CC1(CSc2cc(C(F)(F)F)ccn2)CC1. The number of aromatic nitrogens is 1. The Morgan fingerprint density at radius 3 is 2.68 bits per heavy atom. The van der Waals surface area contributed by atoms with Crippen molar-refractivity contribution in [1.82, 2.24) is 4.98 Å². The molecule has 104 valence electrons. The van der Waals surface area contributed by atoms with Crippen LogP contribution < -0.4 is 0 Å². The summed E-state index contributed by atoms with van der Waals surface area (Å²) in [5, 5.41) is 9.05. The fourth-order valence-electron chi connectivity index (χ4n) is 1.76. The second-order valence-electron chi connectivity index (χ2n) is 4.74. The monoisotopic (exact) mass is 291 g/mol. The molecule has 1 aromatic heterocycles. The molecule has 0 bridgehead atoms. The van der Waals surface area contributed by atoms with Crippen LogP contribution in [0, 0.1) is 5.41 Å². The molecule has 0 unspecified atom stereocenters. The number of carbonyl (C=O) groups is 1. The number of hydrogen-bond donors (Lipinski definition) is 1. The van der Waals surface area contributed by atoms with E-state index in [1.165, 1.54) is 11.8 Å². The Kier molecular flexibility index (Phi) is 3.75. The number of carboxylic acid groups (broad SMARTS) is 1. The fourth-order valence-corrected chi connectivity index (χ4v) is 2.95. The van der Waals surface area contributed by atoms with Gasteiger partial charge in [-0.15, -0.1) is 11.8 Å². The Labute approximate surface area is 112 Å². The molecule has 1 N–H and O–H groups in total. The lowest BCUT2D eigenvalue weighted by Gasteiger charge is -2.12. The Morgan fingerprint density at radius 1 is 1.47 bits per heavy atom. The first-order valence-electron chi connectivity index (χ1n) is 5.69. The van der Waals surface area contributed by atoms with Crippen molar-refractivity contribution in [3.8, 4) is 0 Å². The maximum atomic E-state index is 12.5. The average molecular weight is 291 g/mol. The van der Waals surface area contributed by atoms with Gasteiger partial charge in [0.05, 0.1) is 17.0 Å². The first-order chi connectivity index (χ1) is 8.81. The van der Waals surface area contributed by atoms with Gasteiger partial charge < -0.3 is 5.11 Å². The van der Waals surface area contributed by atoms with Gasteiger partial charge in [0, 0.05) is 11.9 Å². The van der Waals surface area contributed by atoms with E-state index in [0.717, 1.165) is 31.2 Å². The Morgan fingerprint density at radius 2 is 2.16 bits per heavy atom. The van der Waals surface area contributed by atoms with Crippen molar-refractivity contribution in [2.24, 2.45) is 5.41 Å². The van der Waals surface area contributed by atoms with E-state index in [1.54, 1.807) is 0 Å². The van der Waals surface area contributed by atoms with Crippen LogP contribution in [0.15, 0.2) is 23.4 Å². The van der Waals surface area contributed by atoms with E-state index >= 15 is 0 Å². The van der Waals surface area contributed by atoms with Crippen molar-refractivity contribution in [2.75, 3.05) is 5.75 Å². The van der Waals surface area contributed by atoms with E-state index in [-0.39, 0.29) is 16.9 Å². The Bertz CT molecular complexity index is 486. The van der Waals surface area contributed by atoms with E-state index in [0.29, 0.717) is 5.75 Å². The first-order valence-corrected chi connectivity index (χ1v) is 6.67. The zero-order valence-electron chi connectivity index (χ0n) is 9.91. The predicted molar refractivity (Wildman–Crippen MR) is 63.9 cm³/mol. The van der Waals surface area contributed by atoms with Gasteiger partial charge in [0.2, 0.25) is 0 Å². The lowest BCUT2D eigenvalue weighted by molar-refractivity contribution is -0.138. The molecule has 1 heterocycles. The zero-order valence-corrected chi connectivity index (χ0v) is 10.7. The number of rotatable bonds is 5. The molecule has 7 heteroatoms. The van der Waals surface area contributed by atoms with Gasteiger partial charge in [-0.3, -0.25) is 4.79 Å². The van der Waals surface area contributed by atoms with E-state index in [9.17, 15) is 18.0 Å². The standard InChI is InChI=1S/C12H12F3NO2S/c13-12(14,15)8-1-4-16-9(5-8)19-7-11(2-3-11)6-10(17)18/h1,4-5H,2-3,6-7H2,(H,17,18). The number of thioether (sulfide) groups is 1. The Hall–Kier alpha value is -1.24. The molecule has 1 aliphatic carbocycles. The Balaban J connectivity index is 1.99. The van der Waals surface area contributed by atoms with Gasteiger partial charge in [-0.05, 0) is 30.4 Å². The summed E-state index contributed by atoms with van der Waals surface area (Å²) in [5.74, 6) is -0.372. The van der Waals surface area contributed by atoms with Crippen molar-refractivity contribution in [3.63, 3.8) is 0 Å². The first kappa shape index (κ1) is 14.2. The molecule has 0 amide bonds. The van der Waals surface area contributed by atoms with Crippen molar-refractivity contribution in [3.05, 3.63) is 23.9 Å². The maximum Gasteiger partial charge on any atom is 0.416 e. The highest BCUT2D eigenvalue weighted by Gasteiger charge is 2.44. The van der Waals surface area contributed by atoms with Crippen molar-refractivity contribution >= 4 is 17.7 Å². The summed E-state index contributed by atoms with van der Waals surface area (Å²) < 4.78 is 37.5. The minimum absolute atomic E-state index is 0.0684. The van der Waals surface area contributed by atoms with Crippen LogP contribution in [0.3, 0.4) is 0 Å². The maximum absolute atomic E-state index is 12.5. The van der Waals surface area contributed by atoms with Gasteiger partial charge in [-0.25, -0.2) is 4.98 Å². The molecular formula is C12H12F3NO2S. The zero-order chi connectivity index (χ0) is 14.1. The van der Waals surface area contributed by atoms with E-state index < -0.39 is 17.7 Å². The number of pyridine rings is 1. The third-order valence-electron chi connectivity index (χ3n) is 3.07. The van der Waals surface area contributed by atoms with Gasteiger partial charge in [-0.2, -0.15) is 13.2 Å². The number of nitrogens with zero attached hydrogens (tertiary/aromatic N) is 1. The summed E-state index contributed by atoms with van der Waals surface area (Å²) in [6.07, 6.45) is -1.56. The summed E-state index contributed by atoms with van der Waals surface area (Å²) in [6.45, 7) is 0. The number of hydrogen-bond acceptors (Lipinski definition) is 3. The minimum atomic E-state index is -4.38. The molecule has 0 atom stereocenters. The lowest BCUT2D eigenvalue weighted by Crippen LogP contribution is -2.11. The molecule has 2 rings (SSSR count). The van der Waals surface area contributed by atoms with Gasteiger partial charge in [0.25, 0.3) is 0 Å². The quantitative estimate of drug-likeness (QED) is 0.844. The minimum Gasteiger partial charge on any atom is -0.481 e.